The van der Waals surface area contributed by atoms with Crippen molar-refractivity contribution in [3.63, 3.8) is 0 Å². The Hall–Kier alpha value is -3.21. The first kappa shape index (κ1) is 18.6. The molecule has 5 heteroatoms. The average molecular weight is 362 g/mol. The number of rotatable bonds is 7. The molecule has 0 saturated carbocycles. The van der Waals surface area contributed by atoms with Crippen LogP contribution in [0.5, 0.6) is 0 Å². The molecule has 27 heavy (non-hydrogen) atoms. The van der Waals surface area contributed by atoms with E-state index in [1.54, 1.807) is 6.20 Å². The van der Waals surface area contributed by atoms with Gasteiger partial charge in [-0.3, -0.25) is 4.79 Å². The van der Waals surface area contributed by atoms with E-state index in [1.807, 2.05) is 55.5 Å². The number of carbonyl (C=O) groups excluding carboxylic acids is 2. The van der Waals surface area contributed by atoms with Crippen LogP contribution < -0.4 is 5.32 Å². The molecule has 0 aliphatic carbocycles. The zero-order valence-electron chi connectivity index (χ0n) is 15.2. The molecule has 0 spiro atoms. The van der Waals surface area contributed by atoms with Gasteiger partial charge in [0.2, 0.25) is 0 Å². The lowest BCUT2D eigenvalue weighted by Gasteiger charge is -2.14. The summed E-state index contributed by atoms with van der Waals surface area (Å²) in [5, 5.41) is 4.47. The minimum atomic E-state index is -0.598. The molecule has 0 radical (unpaired) electrons. The molecule has 3 rings (SSSR count). The molecule has 0 aliphatic rings. The fourth-order valence-electron chi connectivity index (χ4n) is 2.90. The molecular formula is C22H22N2O3. The van der Waals surface area contributed by atoms with Crippen molar-refractivity contribution in [2.75, 3.05) is 6.61 Å². The topological polar surface area (TPSA) is 68.3 Å². The van der Waals surface area contributed by atoms with Crippen LogP contribution in [-0.4, -0.2) is 29.5 Å². The van der Waals surface area contributed by atoms with Gasteiger partial charge in [0.05, 0.1) is 0 Å². The molecule has 1 aromatic heterocycles. The van der Waals surface area contributed by atoms with Crippen molar-refractivity contribution in [1.29, 1.82) is 0 Å². The van der Waals surface area contributed by atoms with Crippen LogP contribution in [0, 0.1) is 0 Å². The lowest BCUT2D eigenvalue weighted by Crippen LogP contribution is -2.36. The molecule has 2 aromatic carbocycles. The highest BCUT2D eigenvalue weighted by atomic mass is 16.5. The van der Waals surface area contributed by atoms with Gasteiger partial charge in [-0.1, -0.05) is 54.6 Å². The summed E-state index contributed by atoms with van der Waals surface area (Å²) in [6.45, 7) is 1.62. The van der Waals surface area contributed by atoms with Gasteiger partial charge in [-0.05, 0) is 36.8 Å². The molecule has 1 N–H and O–H groups in total. The average Bonchev–Trinajstić information content (AvgIpc) is 2.71. The summed E-state index contributed by atoms with van der Waals surface area (Å²) in [7, 11) is 0. The van der Waals surface area contributed by atoms with Gasteiger partial charge >= 0.3 is 5.97 Å². The first-order chi connectivity index (χ1) is 13.1. The highest BCUT2D eigenvalue weighted by Crippen LogP contribution is 2.16. The number of pyridine rings is 1. The summed E-state index contributed by atoms with van der Waals surface area (Å²) in [5.74, 6) is -0.914. The van der Waals surface area contributed by atoms with Gasteiger partial charge in [-0.15, -0.1) is 0 Å². The van der Waals surface area contributed by atoms with Crippen molar-refractivity contribution in [1.82, 2.24) is 10.3 Å². The zero-order valence-corrected chi connectivity index (χ0v) is 15.2. The largest absolute Gasteiger partial charge is 0.451 e. The van der Waals surface area contributed by atoms with Crippen LogP contribution in [0.4, 0.5) is 0 Å². The number of amides is 1. The van der Waals surface area contributed by atoms with E-state index >= 15 is 0 Å². The van der Waals surface area contributed by atoms with Gasteiger partial charge in [0.1, 0.15) is 0 Å². The van der Waals surface area contributed by atoms with Crippen LogP contribution >= 0.6 is 0 Å². The van der Waals surface area contributed by atoms with Gasteiger partial charge in [0.25, 0.3) is 5.91 Å². The number of nitrogens with zero attached hydrogens (tertiary/aromatic N) is 1. The summed E-state index contributed by atoms with van der Waals surface area (Å²) in [5.41, 5.74) is 1.45. The van der Waals surface area contributed by atoms with Gasteiger partial charge in [0, 0.05) is 17.6 Å². The fourth-order valence-corrected chi connectivity index (χ4v) is 2.90. The predicted octanol–water partition coefficient (Wildman–Crippen LogP) is 3.53. The van der Waals surface area contributed by atoms with E-state index in [1.165, 1.54) is 5.56 Å². The Morgan fingerprint density at radius 3 is 2.59 bits per heavy atom. The second-order valence-corrected chi connectivity index (χ2v) is 6.45. The van der Waals surface area contributed by atoms with E-state index in [2.05, 4.69) is 22.4 Å². The maximum Gasteiger partial charge on any atom is 0.358 e. The smallest absolute Gasteiger partial charge is 0.358 e. The summed E-state index contributed by atoms with van der Waals surface area (Å²) in [6.07, 6.45) is 3.25. The monoisotopic (exact) mass is 362 g/mol. The maximum atomic E-state index is 12.3. The number of aryl methyl sites for hydroxylation is 1. The van der Waals surface area contributed by atoms with E-state index in [-0.39, 0.29) is 24.2 Å². The highest BCUT2D eigenvalue weighted by molar-refractivity contribution is 6.03. The third-order valence-electron chi connectivity index (χ3n) is 4.32. The SMILES string of the molecule is C[C@@H](CCc1ccccc1)NC(=O)COC(=O)c1nccc2ccccc12. The number of carbonyl (C=O) groups is 2. The normalized spacial score (nSPS) is 11.7. The van der Waals surface area contributed by atoms with Crippen LogP contribution in [0.3, 0.4) is 0 Å². The Bertz CT molecular complexity index is 920. The number of ether oxygens (including phenoxy) is 1. The minimum absolute atomic E-state index is 0.00733. The zero-order chi connectivity index (χ0) is 19.1. The number of fused-ring (bicyclic) bond motifs is 1. The quantitative estimate of drug-likeness (QED) is 0.653. The molecule has 5 nitrogen and oxygen atoms in total. The Labute approximate surface area is 158 Å². The van der Waals surface area contributed by atoms with Crippen LogP contribution in [0.2, 0.25) is 0 Å². The predicted molar refractivity (Wildman–Crippen MR) is 104 cm³/mol. The van der Waals surface area contributed by atoms with Crippen LogP contribution in [0.1, 0.15) is 29.4 Å². The highest BCUT2D eigenvalue weighted by Gasteiger charge is 2.15. The van der Waals surface area contributed by atoms with Crippen LogP contribution in [0.15, 0.2) is 66.9 Å². The molecule has 0 bridgehead atoms. The Morgan fingerprint density at radius 1 is 1.04 bits per heavy atom. The molecule has 1 heterocycles. The van der Waals surface area contributed by atoms with Crippen LogP contribution in [-0.2, 0) is 16.0 Å². The Balaban J connectivity index is 1.49. The summed E-state index contributed by atoms with van der Waals surface area (Å²) >= 11 is 0. The molecule has 1 amide bonds. The minimum Gasteiger partial charge on any atom is -0.451 e. The van der Waals surface area contributed by atoms with E-state index in [4.69, 9.17) is 4.74 Å². The van der Waals surface area contributed by atoms with E-state index < -0.39 is 5.97 Å². The number of hydrogen-bond acceptors (Lipinski definition) is 4. The third kappa shape index (κ3) is 5.14. The molecular weight excluding hydrogens is 340 g/mol. The van der Waals surface area contributed by atoms with Crippen molar-refractivity contribution in [3.8, 4) is 0 Å². The van der Waals surface area contributed by atoms with E-state index in [9.17, 15) is 9.59 Å². The molecule has 138 valence electrons. The van der Waals surface area contributed by atoms with Gasteiger partial charge in [-0.2, -0.15) is 0 Å². The van der Waals surface area contributed by atoms with Gasteiger partial charge < -0.3 is 10.1 Å². The molecule has 0 fully saturated rings. The Morgan fingerprint density at radius 2 is 1.78 bits per heavy atom. The summed E-state index contributed by atoms with van der Waals surface area (Å²) in [4.78, 5) is 28.5. The lowest BCUT2D eigenvalue weighted by atomic mass is 10.1. The third-order valence-corrected chi connectivity index (χ3v) is 4.32. The molecule has 3 aromatic rings. The summed E-state index contributed by atoms with van der Waals surface area (Å²) < 4.78 is 5.15. The number of benzene rings is 2. The van der Waals surface area contributed by atoms with Crippen molar-refractivity contribution in [3.05, 3.63) is 78.1 Å². The maximum absolute atomic E-state index is 12.3. The van der Waals surface area contributed by atoms with E-state index in [0.717, 1.165) is 18.2 Å². The first-order valence-corrected chi connectivity index (χ1v) is 8.97. The number of aromatic nitrogens is 1. The second kappa shape index (κ2) is 8.94. The second-order valence-electron chi connectivity index (χ2n) is 6.45. The number of hydrogen-bond donors (Lipinski definition) is 1. The van der Waals surface area contributed by atoms with Crippen molar-refractivity contribution in [2.45, 2.75) is 25.8 Å². The summed E-state index contributed by atoms with van der Waals surface area (Å²) in [6, 6.07) is 19.4. The molecule has 0 aliphatic heterocycles. The standard InChI is InChI=1S/C22H22N2O3/c1-16(11-12-17-7-3-2-4-8-17)24-20(25)15-27-22(26)21-19-10-6-5-9-18(19)13-14-23-21/h2-10,13-14,16H,11-12,15H2,1H3,(H,24,25)/t16-/m0/s1. The van der Waals surface area contributed by atoms with E-state index in [0.29, 0.717) is 5.39 Å². The molecule has 0 saturated heterocycles. The van der Waals surface area contributed by atoms with Crippen molar-refractivity contribution >= 4 is 22.6 Å². The van der Waals surface area contributed by atoms with Crippen molar-refractivity contribution < 1.29 is 14.3 Å². The molecule has 1 atom stereocenters. The lowest BCUT2D eigenvalue weighted by molar-refractivity contribution is -0.124. The van der Waals surface area contributed by atoms with Gasteiger partial charge in [0.15, 0.2) is 12.3 Å². The van der Waals surface area contributed by atoms with Crippen LogP contribution in [0.25, 0.3) is 10.8 Å². The Kier molecular flexibility index (Phi) is 6.15. The first-order valence-electron chi connectivity index (χ1n) is 8.97. The molecule has 0 unspecified atom stereocenters. The number of nitrogens with one attached hydrogen (secondary N) is 1. The number of esters is 1. The fraction of sp³-hybridized carbons (Fsp3) is 0.227. The van der Waals surface area contributed by atoms with Gasteiger partial charge in [-0.25, -0.2) is 9.78 Å². The van der Waals surface area contributed by atoms with Crippen molar-refractivity contribution in [2.24, 2.45) is 0 Å².